The Balaban J connectivity index is 4.58. The van der Waals surface area contributed by atoms with E-state index >= 15 is 0 Å². The quantitative estimate of drug-likeness (QED) is 0.285. The van der Waals surface area contributed by atoms with E-state index in [0.29, 0.717) is 19.4 Å². The van der Waals surface area contributed by atoms with E-state index < -0.39 is 48.8 Å². The average molecular weight is 332 g/mol. The number of nitrogens with one attached hydrogen (secondary N) is 2. The molecule has 0 aliphatic carbocycles. The molecule has 0 unspecified atom stereocenters. The maximum absolute atomic E-state index is 11.9. The first-order valence-corrected chi connectivity index (χ1v) is 7.09. The molecule has 0 fully saturated rings. The SMILES string of the molecule is CN[C@@H](CCCN)C(=O)NCC(=O)N(C)[C@@H](CC(=O)O)C(=O)O. The van der Waals surface area contributed by atoms with Crippen LogP contribution in [0.5, 0.6) is 0 Å². The Labute approximate surface area is 134 Å². The largest absolute Gasteiger partial charge is 0.481 e. The molecule has 0 heterocycles. The molecular weight excluding hydrogens is 308 g/mol. The molecule has 0 radical (unpaired) electrons. The average Bonchev–Trinajstić information content (AvgIpc) is 2.49. The minimum Gasteiger partial charge on any atom is -0.481 e. The standard InChI is InChI=1S/C13H24N4O6/c1-15-8(4-3-5-14)12(21)16-7-10(18)17(2)9(13(22)23)6-11(19)20/h8-9,15H,3-7,14H2,1-2H3,(H,16,21)(H,19,20)(H,22,23)/t8-,9-/m0/s1. The van der Waals surface area contributed by atoms with E-state index in [4.69, 9.17) is 15.9 Å². The number of amides is 2. The summed E-state index contributed by atoms with van der Waals surface area (Å²) in [5.74, 6) is -3.86. The molecule has 0 aromatic rings. The van der Waals surface area contributed by atoms with Gasteiger partial charge in [0.1, 0.15) is 6.04 Å². The topological polar surface area (TPSA) is 162 Å². The predicted octanol–water partition coefficient (Wildman–Crippen LogP) is -2.18. The Hall–Kier alpha value is -2.20. The lowest BCUT2D eigenvalue weighted by Gasteiger charge is -2.24. The lowest BCUT2D eigenvalue weighted by molar-refractivity contribution is -0.153. The van der Waals surface area contributed by atoms with Crippen molar-refractivity contribution in [1.82, 2.24) is 15.5 Å². The molecule has 0 saturated heterocycles. The first-order chi connectivity index (χ1) is 10.7. The smallest absolute Gasteiger partial charge is 0.327 e. The van der Waals surface area contributed by atoms with Crippen molar-refractivity contribution in [3.8, 4) is 0 Å². The number of nitrogens with two attached hydrogens (primary N) is 1. The van der Waals surface area contributed by atoms with Gasteiger partial charge in [-0.1, -0.05) is 0 Å². The summed E-state index contributed by atoms with van der Waals surface area (Å²) >= 11 is 0. The molecule has 0 bridgehead atoms. The van der Waals surface area contributed by atoms with Gasteiger partial charge in [0.25, 0.3) is 0 Å². The number of rotatable bonds is 11. The van der Waals surface area contributed by atoms with Crippen molar-refractivity contribution in [2.75, 3.05) is 27.2 Å². The Morgan fingerprint density at radius 1 is 1.22 bits per heavy atom. The molecule has 23 heavy (non-hydrogen) atoms. The van der Waals surface area contributed by atoms with Crippen molar-refractivity contribution < 1.29 is 29.4 Å². The highest BCUT2D eigenvalue weighted by atomic mass is 16.4. The molecule has 0 saturated carbocycles. The summed E-state index contributed by atoms with van der Waals surface area (Å²) in [4.78, 5) is 46.3. The van der Waals surface area contributed by atoms with Crippen LogP contribution in [0.3, 0.4) is 0 Å². The Morgan fingerprint density at radius 2 is 1.83 bits per heavy atom. The zero-order valence-electron chi connectivity index (χ0n) is 13.2. The van der Waals surface area contributed by atoms with Gasteiger partial charge < -0.3 is 31.5 Å². The highest BCUT2D eigenvalue weighted by Gasteiger charge is 2.29. The minimum absolute atomic E-state index is 0.409. The molecule has 0 aromatic heterocycles. The molecule has 132 valence electrons. The zero-order chi connectivity index (χ0) is 18.0. The highest BCUT2D eigenvalue weighted by molar-refractivity contribution is 5.90. The van der Waals surface area contributed by atoms with Gasteiger partial charge in [0.2, 0.25) is 11.8 Å². The lowest BCUT2D eigenvalue weighted by Crippen LogP contribution is -2.50. The van der Waals surface area contributed by atoms with Gasteiger partial charge in [0, 0.05) is 7.05 Å². The second-order valence-electron chi connectivity index (χ2n) is 4.95. The molecule has 0 rings (SSSR count). The summed E-state index contributed by atoms with van der Waals surface area (Å²) in [6.07, 6.45) is 0.410. The van der Waals surface area contributed by atoms with Crippen molar-refractivity contribution in [2.45, 2.75) is 31.3 Å². The number of hydrogen-bond donors (Lipinski definition) is 5. The number of aliphatic carboxylic acids is 2. The molecule has 0 aliphatic rings. The van der Waals surface area contributed by atoms with Crippen molar-refractivity contribution in [1.29, 1.82) is 0 Å². The van der Waals surface area contributed by atoms with Crippen molar-refractivity contribution in [3.63, 3.8) is 0 Å². The van der Waals surface area contributed by atoms with Crippen LogP contribution < -0.4 is 16.4 Å². The Morgan fingerprint density at radius 3 is 2.26 bits per heavy atom. The summed E-state index contributed by atoms with van der Waals surface area (Å²) in [6.45, 7) is 0.0160. The maximum Gasteiger partial charge on any atom is 0.327 e. The lowest BCUT2D eigenvalue weighted by atomic mass is 10.1. The van der Waals surface area contributed by atoms with E-state index in [1.807, 2.05) is 0 Å². The van der Waals surface area contributed by atoms with Crippen LogP contribution in [-0.2, 0) is 19.2 Å². The molecule has 10 heteroatoms. The van der Waals surface area contributed by atoms with Crippen molar-refractivity contribution in [2.24, 2.45) is 5.73 Å². The fraction of sp³-hybridized carbons (Fsp3) is 0.692. The first kappa shape index (κ1) is 20.8. The molecule has 2 atom stereocenters. The number of carbonyl (C=O) groups is 4. The van der Waals surface area contributed by atoms with E-state index in [1.54, 1.807) is 7.05 Å². The van der Waals surface area contributed by atoms with Gasteiger partial charge in [-0.3, -0.25) is 14.4 Å². The van der Waals surface area contributed by atoms with E-state index in [2.05, 4.69) is 10.6 Å². The van der Waals surface area contributed by atoms with E-state index in [-0.39, 0.29) is 0 Å². The normalized spacial score (nSPS) is 13.0. The fourth-order valence-corrected chi connectivity index (χ4v) is 1.87. The van der Waals surface area contributed by atoms with Crippen LogP contribution >= 0.6 is 0 Å². The number of hydrogen-bond acceptors (Lipinski definition) is 6. The first-order valence-electron chi connectivity index (χ1n) is 7.09. The zero-order valence-corrected chi connectivity index (χ0v) is 13.2. The van der Waals surface area contributed by atoms with Crippen LogP contribution in [0.2, 0.25) is 0 Å². The number of nitrogens with zero attached hydrogens (tertiary/aromatic N) is 1. The highest BCUT2D eigenvalue weighted by Crippen LogP contribution is 2.03. The summed E-state index contributed by atoms with van der Waals surface area (Å²) in [7, 11) is 2.78. The van der Waals surface area contributed by atoms with Gasteiger partial charge in [-0.25, -0.2) is 4.79 Å². The van der Waals surface area contributed by atoms with Crippen LogP contribution in [0, 0.1) is 0 Å². The predicted molar refractivity (Wildman–Crippen MR) is 80.6 cm³/mol. The van der Waals surface area contributed by atoms with E-state index in [0.717, 1.165) is 4.90 Å². The third-order valence-corrected chi connectivity index (χ3v) is 3.29. The fourth-order valence-electron chi connectivity index (χ4n) is 1.87. The Kier molecular flexibility index (Phi) is 9.51. The van der Waals surface area contributed by atoms with Crippen LogP contribution in [0.4, 0.5) is 0 Å². The number of carboxylic acid groups (broad SMARTS) is 2. The molecule has 0 aromatic carbocycles. The third-order valence-electron chi connectivity index (χ3n) is 3.29. The summed E-state index contributed by atoms with van der Waals surface area (Å²) in [5.41, 5.74) is 5.37. The van der Waals surface area contributed by atoms with Gasteiger partial charge in [0.05, 0.1) is 19.0 Å². The molecule has 10 nitrogen and oxygen atoms in total. The molecule has 6 N–H and O–H groups in total. The van der Waals surface area contributed by atoms with Gasteiger partial charge in [-0.15, -0.1) is 0 Å². The van der Waals surface area contributed by atoms with Crippen LogP contribution in [0.1, 0.15) is 19.3 Å². The molecule has 0 aliphatic heterocycles. The van der Waals surface area contributed by atoms with Crippen LogP contribution in [-0.4, -0.2) is 78.1 Å². The van der Waals surface area contributed by atoms with E-state index in [9.17, 15) is 19.2 Å². The summed E-state index contributed by atoms with van der Waals surface area (Å²) < 4.78 is 0. The molecule has 0 spiro atoms. The molecule has 2 amide bonds. The van der Waals surface area contributed by atoms with Crippen molar-refractivity contribution >= 4 is 23.8 Å². The van der Waals surface area contributed by atoms with Crippen molar-refractivity contribution in [3.05, 3.63) is 0 Å². The van der Waals surface area contributed by atoms with Gasteiger partial charge in [-0.2, -0.15) is 0 Å². The second-order valence-corrected chi connectivity index (χ2v) is 4.95. The Bertz CT molecular complexity index is 442. The van der Waals surface area contributed by atoms with Gasteiger partial charge >= 0.3 is 11.9 Å². The minimum atomic E-state index is -1.49. The molecular formula is C13H24N4O6. The number of carboxylic acids is 2. The number of carbonyl (C=O) groups excluding carboxylic acids is 2. The van der Waals surface area contributed by atoms with E-state index in [1.165, 1.54) is 7.05 Å². The van der Waals surface area contributed by atoms with Gasteiger partial charge in [-0.05, 0) is 26.4 Å². The van der Waals surface area contributed by atoms with Crippen LogP contribution in [0.25, 0.3) is 0 Å². The third kappa shape index (κ3) is 7.56. The summed E-state index contributed by atoms with van der Waals surface area (Å²) in [6, 6.07) is -2.00. The monoisotopic (exact) mass is 332 g/mol. The van der Waals surface area contributed by atoms with Gasteiger partial charge in [0.15, 0.2) is 0 Å². The van der Waals surface area contributed by atoms with Crippen LogP contribution in [0.15, 0.2) is 0 Å². The summed E-state index contributed by atoms with van der Waals surface area (Å²) in [5, 5.41) is 22.8. The maximum atomic E-state index is 11.9. The second kappa shape index (κ2) is 10.5. The number of likely N-dealkylation sites (N-methyl/N-ethyl adjacent to an activating group) is 2.